The van der Waals surface area contributed by atoms with Crippen LogP contribution in [0.15, 0.2) is 53.3 Å². The average molecular weight is 377 g/mol. The highest BCUT2D eigenvalue weighted by Crippen LogP contribution is 2.27. The van der Waals surface area contributed by atoms with Crippen molar-refractivity contribution in [2.24, 2.45) is 5.92 Å². The van der Waals surface area contributed by atoms with Gasteiger partial charge in [0.15, 0.2) is 0 Å². The molecule has 0 spiro atoms. The molecule has 1 atom stereocenters. The lowest BCUT2D eigenvalue weighted by Gasteiger charge is -2.35. The Kier molecular flexibility index (Phi) is 5.44. The monoisotopic (exact) mass is 377 g/mol. The second-order valence-electron chi connectivity index (χ2n) is 7.68. The van der Waals surface area contributed by atoms with Gasteiger partial charge >= 0.3 is 0 Å². The van der Waals surface area contributed by atoms with Crippen molar-refractivity contribution in [1.82, 2.24) is 14.9 Å². The molecular formula is C23H27N3O2. The van der Waals surface area contributed by atoms with Crippen LogP contribution in [0.5, 0.6) is 5.75 Å². The van der Waals surface area contributed by atoms with E-state index in [4.69, 9.17) is 9.72 Å². The molecule has 2 aromatic carbocycles. The third kappa shape index (κ3) is 3.94. The van der Waals surface area contributed by atoms with Gasteiger partial charge in [0.2, 0.25) is 0 Å². The quantitative estimate of drug-likeness (QED) is 0.731. The van der Waals surface area contributed by atoms with Gasteiger partial charge in [0.1, 0.15) is 11.6 Å². The molecule has 0 bridgehead atoms. The number of methoxy groups -OCH3 is 1. The van der Waals surface area contributed by atoms with E-state index in [1.807, 2.05) is 36.4 Å². The molecule has 0 amide bonds. The highest BCUT2D eigenvalue weighted by molar-refractivity contribution is 5.77. The summed E-state index contributed by atoms with van der Waals surface area (Å²) in [7, 11) is 1.70. The topological polar surface area (TPSA) is 58.2 Å². The number of aromatic nitrogens is 2. The van der Waals surface area contributed by atoms with Crippen LogP contribution < -0.4 is 10.3 Å². The number of nitrogens with one attached hydrogen (secondary N) is 1. The Balaban J connectivity index is 1.39. The first-order valence-corrected chi connectivity index (χ1v) is 10.00. The smallest absolute Gasteiger partial charge is 0.258 e. The lowest BCUT2D eigenvalue weighted by Crippen LogP contribution is -2.37. The normalized spacial score (nSPS) is 16.9. The van der Waals surface area contributed by atoms with Crippen molar-refractivity contribution < 1.29 is 4.74 Å². The number of nitrogens with zero attached hydrogens (tertiary/aromatic N) is 2. The molecule has 28 heavy (non-hydrogen) atoms. The van der Waals surface area contributed by atoms with E-state index in [0.717, 1.165) is 49.4 Å². The van der Waals surface area contributed by atoms with E-state index in [-0.39, 0.29) is 11.6 Å². The van der Waals surface area contributed by atoms with E-state index < -0.39 is 0 Å². The van der Waals surface area contributed by atoms with Crippen LogP contribution in [0.4, 0.5) is 0 Å². The number of piperidine rings is 1. The highest BCUT2D eigenvalue weighted by Gasteiger charge is 2.25. The van der Waals surface area contributed by atoms with E-state index in [2.05, 4.69) is 28.9 Å². The molecule has 1 aliphatic rings. The number of ether oxygens (including phenoxy) is 1. The third-order valence-corrected chi connectivity index (χ3v) is 5.91. The zero-order valence-corrected chi connectivity index (χ0v) is 16.5. The first-order valence-electron chi connectivity index (χ1n) is 10.00. The number of hydrogen-bond donors (Lipinski definition) is 1. The van der Waals surface area contributed by atoms with Gasteiger partial charge in [-0.2, -0.15) is 0 Å². The highest BCUT2D eigenvalue weighted by atomic mass is 16.5. The molecule has 3 aromatic rings. The molecule has 146 valence electrons. The van der Waals surface area contributed by atoms with E-state index in [1.54, 1.807) is 7.11 Å². The van der Waals surface area contributed by atoms with Crippen LogP contribution in [-0.4, -0.2) is 35.1 Å². The van der Waals surface area contributed by atoms with Gasteiger partial charge in [-0.1, -0.05) is 24.3 Å². The zero-order valence-electron chi connectivity index (χ0n) is 16.5. The van der Waals surface area contributed by atoms with Gasteiger partial charge in [-0.15, -0.1) is 0 Å². The molecular weight excluding hydrogens is 350 g/mol. The van der Waals surface area contributed by atoms with Gasteiger partial charge in [0.05, 0.1) is 24.1 Å². The number of rotatable bonds is 5. The largest absolute Gasteiger partial charge is 0.497 e. The number of hydrogen-bond acceptors (Lipinski definition) is 4. The summed E-state index contributed by atoms with van der Waals surface area (Å²) >= 11 is 0. The van der Waals surface area contributed by atoms with Crippen LogP contribution in [0.2, 0.25) is 0 Å². The molecule has 2 heterocycles. The predicted molar refractivity (Wildman–Crippen MR) is 112 cm³/mol. The molecule has 5 heteroatoms. The number of H-pyrrole nitrogens is 1. The number of likely N-dealkylation sites (tertiary alicyclic amines) is 1. The van der Waals surface area contributed by atoms with Crippen molar-refractivity contribution in [1.29, 1.82) is 0 Å². The molecule has 4 rings (SSSR count). The second kappa shape index (κ2) is 8.15. The second-order valence-corrected chi connectivity index (χ2v) is 7.68. The predicted octanol–water partition coefficient (Wildman–Crippen LogP) is 3.95. The van der Waals surface area contributed by atoms with Gasteiger partial charge < -0.3 is 9.72 Å². The molecule has 5 nitrogen and oxygen atoms in total. The summed E-state index contributed by atoms with van der Waals surface area (Å²) in [5, 5.41) is 0.650. The number of fused-ring (bicyclic) bond motifs is 1. The Morgan fingerprint density at radius 1 is 1.14 bits per heavy atom. The van der Waals surface area contributed by atoms with E-state index >= 15 is 0 Å². The number of aromatic amines is 1. The standard InChI is InChI=1S/C23H27N3O2/c1-16(22-24-21-6-4-3-5-20(21)23(27)25-22)26-13-11-18(12-14-26)15-17-7-9-19(28-2)10-8-17/h3-10,16,18H,11-15H2,1-2H3,(H,24,25,27). The molecule has 1 saturated heterocycles. The lowest BCUT2D eigenvalue weighted by atomic mass is 9.89. The van der Waals surface area contributed by atoms with Crippen molar-refractivity contribution in [2.75, 3.05) is 20.2 Å². The Labute approximate surface area is 165 Å². The van der Waals surface area contributed by atoms with Gasteiger partial charge in [-0.3, -0.25) is 9.69 Å². The zero-order chi connectivity index (χ0) is 19.5. The van der Waals surface area contributed by atoms with E-state index in [1.165, 1.54) is 5.56 Å². The number of benzene rings is 2. The molecule has 1 aliphatic heterocycles. The summed E-state index contributed by atoms with van der Waals surface area (Å²) in [5.41, 5.74) is 2.08. The fourth-order valence-electron chi connectivity index (χ4n) is 4.11. The summed E-state index contributed by atoms with van der Waals surface area (Å²) in [4.78, 5) is 22.5. The van der Waals surface area contributed by atoms with Crippen LogP contribution in [-0.2, 0) is 6.42 Å². The fourth-order valence-corrected chi connectivity index (χ4v) is 4.11. The maximum Gasteiger partial charge on any atom is 0.258 e. The van der Waals surface area contributed by atoms with Crippen molar-refractivity contribution in [3.8, 4) is 5.75 Å². The summed E-state index contributed by atoms with van der Waals surface area (Å²) in [6.07, 6.45) is 3.43. The molecule has 0 radical (unpaired) electrons. The minimum atomic E-state index is -0.0539. The molecule has 1 aromatic heterocycles. The lowest BCUT2D eigenvalue weighted by molar-refractivity contribution is 0.136. The van der Waals surface area contributed by atoms with Crippen molar-refractivity contribution in [3.05, 3.63) is 70.3 Å². The van der Waals surface area contributed by atoms with E-state index in [0.29, 0.717) is 11.3 Å². The van der Waals surface area contributed by atoms with Crippen molar-refractivity contribution >= 4 is 10.9 Å². The van der Waals surface area contributed by atoms with Crippen LogP contribution >= 0.6 is 0 Å². The van der Waals surface area contributed by atoms with Gasteiger partial charge in [0.25, 0.3) is 5.56 Å². The molecule has 0 saturated carbocycles. The fraction of sp³-hybridized carbons (Fsp3) is 0.391. The molecule has 0 aliphatic carbocycles. The first kappa shape index (κ1) is 18.7. The van der Waals surface area contributed by atoms with E-state index in [9.17, 15) is 4.79 Å². The van der Waals surface area contributed by atoms with Crippen LogP contribution in [0.25, 0.3) is 10.9 Å². The molecule has 1 unspecified atom stereocenters. The van der Waals surface area contributed by atoms with Crippen LogP contribution in [0.3, 0.4) is 0 Å². The van der Waals surface area contributed by atoms with Gasteiger partial charge in [0, 0.05) is 0 Å². The minimum absolute atomic E-state index is 0.0539. The van der Waals surface area contributed by atoms with Gasteiger partial charge in [-0.05, 0) is 75.0 Å². The number of para-hydroxylation sites is 1. The molecule has 1 fully saturated rings. The molecule has 1 N–H and O–H groups in total. The Hall–Kier alpha value is -2.66. The minimum Gasteiger partial charge on any atom is -0.497 e. The summed E-state index contributed by atoms with van der Waals surface area (Å²) in [6, 6.07) is 16.0. The summed E-state index contributed by atoms with van der Waals surface area (Å²) < 4.78 is 5.24. The Bertz CT molecular complexity index is 989. The van der Waals surface area contributed by atoms with Crippen LogP contribution in [0, 0.1) is 5.92 Å². The Morgan fingerprint density at radius 2 is 1.86 bits per heavy atom. The Morgan fingerprint density at radius 3 is 2.57 bits per heavy atom. The van der Waals surface area contributed by atoms with Crippen molar-refractivity contribution in [3.63, 3.8) is 0 Å². The van der Waals surface area contributed by atoms with Gasteiger partial charge in [-0.25, -0.2) is 4.98 Å². The van der Waals surface area contributed by atoms with Crippen molar-refractivity contribution in [2.45, 2.75) is 32.2 Å². The summed E-state index contributed by atoms with van der Waals surface area (Å²) in [6.45, 7) is 4.19. The van der Waals surface area contributed by atoms with Crippen LogP contribution in [0.1, 0.15) is 37.2 Å². The maximum absolute atomic E-state index is 12.4. The average Bonchev–Trinajstić information content (AvgIpc) is 2.74. The summed E-state index contributed by atoms with van der Waals surface area (Å²) in [5.74, 6) is 2.36. The maximum atomic E-state index is 12.4. The first-order chi connectivity index (χ1) is 13.6. The third-order valence-electron chi connectivity index (χ3n) is 5.91. The SMILES string of the molecule is COc1ccc(CC2CCN(C(C)c3nc4ccccc4c(=O)[nH]3)CC2)cc1.